The van der Waals surface area contributed by atoms with Crippen molar-refractivity contribution in [1.29, 1.82) is 0 Å². The van der Waals surface area contributed by atoms with Crippen LogP contribution in [0.15, 0.2) is 71.8 Å². The van der Waals surface area contributed by atoms with Gasteiger partial charge in [0.15, 0.2) is 0 Å². The molecule has 8 nitrogen and oxygen atoms in total. The number of nitrogens with zero attached hydrogens (tertiary/aromatic N) is 5. The number of para-hydroxylation sites is 2. The van der Waals surface area contributed by atoms with Crippen molar-refractivity contribution in [2.24, 2.45) is 0 Å². The Hall–Kier alpha value is -3.94. The number of hydrogen-bond donors (Lipinski definition) is 1. The van der Waals surface area contributed by atoms with Gasteiger partial charge >= 0.3 is 0 Å². The maximum Gasteiger partial charge on any atom is 0.269 e. The minimum absolute atomic E-state index is 0.107. The molecule has 0 atom stereocenters. The summed E-state index contributed by atoms with van der Waals surface area (Å²) in [5.41, 5.74) is 3.14. The Labute approximate surface area is 173 Å². The van der Waals surface area contributed by atoms with Gasteiger partial charge in [0.05, 0.1) is 30.0 Å². The number of nitrogens with one attached hydrogen (secondary N) is 1. The van der Waals surface area contributed by atoms with Crippen LogP contribution < -0.4 is 15.8 Å². The van der Waals surface area contributed by atoms with Crippen molar-refractivity contribution in [3.05, 3.63) is 82.9 Å². The molecule has 4 aromatic rings. The van der Waals surface area contributed by atoms with Crippen LogP contribution in [0.2, 0.25) is 0 Å². The fourth-order valence-corrected chi connectivity index (χ4v) is 3.24. The first kappa shape index (κ1) is 19.4. The first-order valence-corrected chi connectivity index (χ1v) is 9.54. The van der Waals surface area contributed by atoms with Crippen molar-refractivity contribution < 1.29 is 4.79 Å². The topological polar surface area (TPSA) is 85.0 Å². The highest BCUT2D eigenvalue weighted by Crippen LogP contribution is 2.15. The molecule has 1 amide bonds. The van der Waals surface area contributed by atoms with Crippen molar-refractivity contribution in [1.82, 2.24) is 19.3 Å². The highest BCUT2D eigenvalue weighted by atomic mass is 16.2. The second-order valence-corrected chi connectivity index (χ2v) is 7.15. The molecular weight excluding hydrogens is 380 g/mol. The molecule has 2 aromatic heterocycles. The van der Waals surface area contributed by atoms with Gasteiger partial charge in [-0.3, -0.25) is 14.2 Å². The first-order chi connectivity index (χ1) is 14.5. The second kappa shape index (κ2) is 8.20. The minimum atomic E-state index is -0.321. The maximum absolute atomic E-state index is 12.7. The molecule has 0 spiro atoms. The second-order valence-electron chi connectivity index (χ2n) is 7.15. The van der Waals surface area contributed by atoms with Gasteiger partial charge in [-0.15, -0.1) is 0 Å². The Bertz CT molecular complexity index is 1240. The van der Waals surface area contributed by atoms with Crippen LogP contribution in [0.25, 0.3) is 11.0 Å². The van der Waals surface area contributed by atoms with E-state index in [1.807, 2.05) is 55.4 Å². The average molecular weight is 402 g/mol. The van der Waals surface area contributed by atoms with Crippen LogP contribution in [0, 0.1) is 0 Å². The lowest BCUT2D eigenvalue weighted by Gasteiger charge is -2.14. The molecule has 0 radical (unpaired) electrons. The molecule has 0 saturated carbocycles. The van der Waals surface area contributed by atoms with Crippen LogP contribution in [0.4, 0.5) is 11.5 Å². The van der Waals surface area contributed by atoms with Gasteiger partial charge in [-0.2, -0.15) is 5.10 Å². The van der Waals surface area contributed by atoms with Crippen molar-refractivity contribution >= 4 is 28.4 Å². The van der Waals surface area contributed by atoms with Crippen molar-refractivity contribution in [2.45, 2.75) is 13.1 Å². The third-order valence-corrected chi connectivity index (χ3v) is 4.82. The molecule has 0 bridgehead atoms. The lowest BCUT2D eigenvalue weighted by Crippen LogP contribution is -2.28. The van der Waals surface area contributed by atoms with Crippen LogP contribution in [-0.2, 0) is 17.9 Å². The Morgan fingerprint density at radius 1 is 1.07 bits per heavy atom. The van der Waals surface area contributed by atoms with E-state index >= 15 is 0 Å². The summed E-state index contributed by atoms with van der Waals surface area (Å²) in [6.07, 6.45) is 2.87. The Balaban J connectivity index is 1.50. The van der Waals surface area contributed by atoms with Crippen molar-refractivity contribution in [3.8, 4) is 0 Å². The largest absolute Gasteiger partial charge is 0.378 e. The number of rotatable bonds is 6. The van der Waals surface area contributed by atoms with E-state index in [1.54, 1.807) is 29.1 Å². The molecule has 30 heavy (non-hydrogen) atoms. The molecule has 0 fully saturated rings. The number of benzene rings is 2. The summed E-state index contributed by atoms with van der Waals surface area (Å²) < 4.78 is 3.13. The molecule has 2 aromatic carbocycles. The quantitative estimate of drug-likeness (QED) is 0.535. The predicted octanol–water partition coefficient (Wildman–Crippen LogP) is 2.35. The summed E-state index contributed by atoms with van der Waals surface area (Å²) in [4.78, 5) is 31.1. The lowest BCUT2D eigenvalue weighted by atomic mass is 10.2. The average Bonchev–Trinajstić information content (AvgIpc) is 3.17. The van der Waals surface area contributed by atoms with Gasteiger partial charge in [-0.25, -0.2) is 9.67 Å². The summed E-state index contributed by atoms with van der Waals surface area (Å²) >= 11 is 0. The zero-order chi connectivity index (χ0) is 21.1. The number of anilines is 2. The van der Waals surface area contributed by atoms with Gasteiger partial charge in [0.2, 0.25) is 5.91 Å². The number of carbonyl (C=O) groups is 1. The normalized spacial score (nSPS) is 10.9. The Kier molecular flexibility index (Phi) is 5.30. The molecule has 1 N–H and O–H groups in total. The summed E-state index contributed by atoms with van der Waals surface area (Å²) in [5, 5.41) is 7.16. The third kappa shape index (κ3) is 4.07. The SMILES string of the molecule is CN(C)c1ccc(Cn2nccc2NC(=O)Cn2c(=O)cnc3ccccc32)cc1. The molecule has 0 aliphatic rings. The summed E-state index contributed by atoms with van der Waals surface area (Å²) in [6.45, 7) is 0.416. The Morgan fingerprint density at radius 3 is 2.60 bits per heavy atom. The maximum atomic E-state index is 12.7. The fraction of sp³-hybridized carbons (Fsp3) is 0.182. The Morgan fingerprint density at radius 2 is 1.83 bits per heavy atom. The number of hydrogen-bond acceptors (Lipinski definition) is 5. The van der Waals surface area contributed by atoms with Crippen LogP contribution in [0.3, 0.4) is 0 Å². The van der Waals surface area contributed by atoms with E-state index < -0.39 is 0 Å². The number of fused-ring (bicyclic) bond motifs is 1. The van der Waals surface area contributed by atoms with Crippen LogP contribution in [0.5, 0.6) is 0 Å². The zero-order valence-electron chi connectivity index (χ0n) is 16.8. The smallest absolute Gasteiger partial charge is 0.269 e. The molecule has 0 unspecified atom stereocenters. The molecule has 2 heterocycles. The van der Waals surface area contributed by atoms with E-state index in [1.165, 1.54) is 10.8 Å². The van der Waals surface area contributed by atoms with Gasteiger partial charge < -0.3 is 10.2 Å². The summed E-state index contributed by atoms with van der Waals surface area (Å²) in [5.74, 6) is 0.265. The zero-order valence-corrected chi connectivity index (χ0v) is 16.8. The molecule has 8 heteroatoms. The monoisotopic (exact) mass is 402 g/mol. The van der Waals surface area contributed by atoms with Crippen LogP contribution in [0.1, 0.15) is 5.56 Å². The molecule has 0 saturated heterocycles. The van der Waals surface area contributed by atoms with Gasteiger partial charge in [0.1, 0.15) is 12.4 Å². The van der Waals surface area contributed by atoms with Crippen LogP contribution >= 0.6 is 0 Å². The third-order valence-electron chi connectivity index (χ3n) is 4.82. The van der Waals surface area contributed by atoms with Gasteiger partial charge in [-0.05, 0) is 29.8 Å². The molecular formula is C22H22N6O2. The number of amides is 1. The first-order valence-electron chi connectivity index (χ1n) is 9.54. The molecule has 0 aliphatic carbocycles. The highest BCUT2D eigenvalue weighted by molar-refractivity contribution is 5.90. The van der Waals surface area contributed by atoms with Gasteiger partial charge in [0, 0.05) is 25.8 Å². The predicted molar refractivity (Wildman–Crippen MR) is 117 cm³/mol. The van der Waals surface area contributed by atoms with E-state index in [9.17, 15) is 9.59 Å². The number of aromatic nitrogens is 4. The van der Waals surface area contributed by atoms with Gasteiger partial charge in [0.25, 0.3) is 5.56 Å². The minimum Gasteiger partial charge on any atom is -0.378 e. The fourth-order valence-electron chi connectivity index (χ4n) is 3.24. The van der Waals surface area contributed by atoms with E-state index in [-0.39, 0.29) is 18.0 Å². The molecule has 4 rings (SSSR count). The molecule has 0 aliphatic heterocycles. The van der Waals surface area contributed by atoms with Crippen molar-refractivity contribution in [2.75, 3.05) is 24.3 Å². The summed E-state index contributed by atoms with van der Waals surface area (Å²) in [6, 6.07) is 17.1. The number of carbonyl (C=O) groups excluding carboxylic acids is 1. The highest BCUT2D eigenvalue weighted by Gasteiger charge is 2.12. The lowest BCUT2D eigenvalue weighted by molar-refractivity contribution is -0.116. The van der Waals surface area contributed by atoms with Gasteiger partial charge in [-0.1, -0.05) is 24.3 Å². The van der Waals surface area contributed by atoms with E-state index in [0.717, 1.165) is 11.3 Å². The van der Waals surface area contributed by atoms with E-state index in [0.29, 0.717) is 23.4 Å². The van der Waals surface area contributed by atoms with E-state index in [2.05, 4.69) is 15.4 Å². The van der Waals surface area contributed by atoms with E-state index in [4.69, 9.17) is 0 Å². The van der Waals surface area contributed by atoms with Crippen molar-refractivity contribution in [3.63, 3.8) is 0 Å². The van der Waals surface area contributed by atoms with Crippen LogP contribution in [-0.4, -0.2) is 39.3 Å². The molecule has 152 valence electrons. The standard InChI is InChI=1S/C22H22N6O2/c1-26(2)17-9-7-16(8-10-17)14-28-20(11-12-24-28)25-21(29)15-27-19-6-4-3-5-18(19)23-13-22(27)30/h3-13H,14-15H2,1-2H3,(H,25,29). The summed E-state index contributed by atoms with van der Waals surface area (Å²) in [7, 11) is 3.99.